The van der Waals surface area contributed by atoms with E-state index >= 15 is 0 Å². The lowest BCUT2D eigenvalue weighted by Gasteiger charge is -2.23. The Hall–Kier alpha value is -8.17. The van der Waals surface area contributed by atoms with Gasteiger partial charge in [-0.15, -0.1) is 0 Å². The SMILES string of the molecule is OCc1cc2ncc(-c3cccc(NC4CCCC4)n3)n2cc1-c1cn[nH]c1.OCc1cc2ncc(-c3cccc(NC4CCCC4)n3)n2cc1Cl.[C-]#[N+]c1ccc2ncc(-c3cccc(NC4CCCCC4)n3)n2c1. The first kappa shape index (κ1) is 50.0. The lowest BCUT2D eigenvalue weighted by Crippen LogP contribution is -2.22. The molecule has 0 amide bonds. The normalized spacial score (nSPS) is 15.1. The molecule has 3 saturated carbocycles. The lowest BCUT2D eigenvalue weighted by atomic mass is 9.95. The molecule has 10 aromatic rings. The molecule has 17 nitrogen and oxygen atoms in total. The number of pyridine rings is 6. The van der Waals surface area contributed by atoms with Crippen LogP contribution in [0.5, 0.6) is 0 Å². The van der Waals surface area contributed by atoms with Gasteiger partial charge in [0.2, 0.25) is 5.69 Å². The van der Waals surface area contributed by atoms with Gasteiger partial charge in [-0.1, -0.05) is 80.8 Å². The zero-order valence-electron chi connectivity index (χ0n) is 42.2. The van der Waals surface area contributed by atoms with Crippen LogP contribution in [0.25, 0.3) is 67.1 Å². The molecule has 0 saturated heterocycles. The fourth-order valence-corrected chi connectivity index (χ4v) is 10.8. The van der Waals surface area contributed by atoms with Gasteiger partial charge in [-0.05, 0) is 98.7 Å². The predicted molar refractivity (Wildman–Crippen MR) is 298 cm³/mol. The summed E-state index contributed by atoms with van der Waals surface area (Å²) in [4.78, 5) is 31.2. The predicted octanol–water partition coefficient (Wildman–Crippen LogP) is 12.2. The molecular weight excluding hydrogens is 974 g/mol. The number of hydrogen-bond donors (Lipinski definition) is 6. The molecule has 386 valence electrons. The fraction of sp³-hybridized carbons (Fsp3) is 0.310. The van der Waals surface area contributed by atoms with Gasteiger partial charge in [0, 0.05) is 59.6 Å². The molecule has 13 rings (SSSR count). The van der Waals surface area contributed by atoms with Crippen molar-refractivity contribution in [2.75, 3.05) is 16.0 Å². The average Bonchev–Trinajstić information content (AvgIpc) is 4.35. The summed E-state index contributed by atoms with van der Waals surface area (Å²) in [6.07, 6.45) is 30.9. The van der Waals surface area contributed by atoms with E-state index in [1.165, 1.54) is 83.5 Å². The van der Waals surface area contributed by atoms with Crippen molar-refractivity contribution in [3.8, 4) is 45.3 Å². The number of aromatic nitrogens is 11. The number of nitrogens with zero attached hydrogens (tertiary/aromatic N) is 11. The monoisotopic (exact) mass is 1030 g/mol. The minimum absolute atomic E-state index is 0.0573. The fourth-order valence-electron chi connectivity index (χ4n) is 10.6. The van der Waals surface area contributed by atoms with Crippen molar-refractivity contribution in [1.82, 2.24) is 53.3 Å². The summed E-state index contributed by atoms with van der Waals surface area (Å²) < 4.78 is 5.85. The van der Waals surface area contributed by atoms with Crippen molar-refractivity contribution in [3.05, 3.63) is 156 Å². The van der Waals surface area contributed by atoms with Gasteiger partial charge >= 0.3 is 0 Å². The van der Waals surface area contributed by atoms with E-state index < -0.39 is 0 Å². The Morgan fingerprint density at radius 2 is 1.01 bits per heavy atom. The smallest absolute Gasteiger partial charge is 0.203 e. The van der Waals surface area contributed by atoms with Crippen LogP contribution in [0.2, 0.25) is 5.02 Å². The molecule has 0 bridgehead atoms. The third-order valence-electron chi connectivity index (χ3n) is 14.6. The molecule has 18 heteroatoms. The van der Waals surface area contributed by atoms with E-state index in [1.807, 2.05) is 111 Å². The van der Waals surface area contributed by atoms with E-state index in [0.717, 1.165) is 85.2 Å². The van der Waals surface area contributed by atoms with Gasteiger partial charge in [0.25, 0.3) is 0 Å². The van der Waals surface area contributed by atoms with Crippen LogP contribution in [0.15, 0.2) is 128 Å². The highest BCUT2D eigenvalue weighted by Gasteiger charge is 2.20. The second kappa shape index (κ2) is 23.2. The van der Waals surface area contributed by atoms with Gasteiger partial charge in [0.15, 0.2) is 0 Å². The summed E-state index contributed by atoms with van der Waals surface area (Å²) in [5.41, 5.74) is 11.6. The average molecular weight is 1030 g/mol. The van der Waals surface area contributed by atoms with E-state index in [4.69, 9.17) is 33.1 Å². The quantitative estimate of drug-likeness (QED) is 0.0634. The van der Waals surface area contributed by atoms with Gasteiger partial charge < -0.3 is 30.6 Å². The molecule has 6 N–H and O–H groups in total. The highest BCUT2D eigenvalue weighted by Crippen LogP contribution is 2.31. The molecule has 3 fully saturated rings. The molecular formula is C58H60ClN15O2. The molecule has 0 atom stereocenters. The van der Waals surface area contributed by atoms with Crippen molar-refractivity contribution in [2.45, 2.75) is 115 Å². The van der Waals surface area contributed by atoms with Crippen LogP contribution in [0, 0.1) is 6.57 Å². The molecule has 3 aliphatic rings. The van der Waals surface area contributed by atoms with Crippen LogP contribution in [0.3, 0.4) is 0 Å². The Kier molecular flexibility index (Phi) is 15.2. The largest absolute Gasteiger partial charge is 0.392 e. The van der Waals surface area contributed by atoms with E-state index in [1.54, 1.807) is 30.7 Å². The summed E-state index contributed by atoms with van der Waals surface area (Å²) in [6, 6.07) is 27.0. The number of fused-ring (bicyclic) bond motifs is 3. The zero-order valence-corrected chi connectivity index (χ0v) is 42.9. The molecule has 76 heavy (non-hydrogen) atoms. The van der Waals surface area contributed by atoms with E-state index in [-0.39, 0.29) is 13.2 Å². The second-order valence-corrected chi connectivity index (χ2v) is 20.1. The van der Waals surface area contributed by atoms with Crippen LogP contribution in [0.4, 0.5) is 23.1 Å². The first-order valence-corrected chi connectivity index (χ1v) is 26.7. The van der Waals surface area contributed by atoms with E-state index in [2.05, 4.69) is 45.9 Å². The number of nitrogens with one attached hydrogen (secondary N) is 4. The van der Waals surface area contributed by atoms with Crippen LogP contribution < -0.4 is 16.0 Å². The lowest BCUT2D eigenvalue weighted by molar-refractivity contribution is 0.282. The molecule has 10 aromatic heterocycles. The van der Waals surface area contributed by atoms with Crippen molar-refractivity contribution < 1.29 is 10.2 Å². The number of aliphatic hydroxyl groups excluding tert-OH is 2. The number of halogens is 1. The summed E-state index contributed by atoms with van der Waals surface area (Å²) >= 11 is 6.22. The first-order valence-electron chi connectivity index (χ1n) is 26.3. The Morgan fingerprint density at radius 1 is 0.553 bits per heavy atom. The number of rotatable bonds is 12. The van der Waals surface area contributed by atoms with Gasteiger partial charge in [-0.2, -0.15) is 5.10 Å². The van der Waals surface area contributed by atoms with Crippen molar-refractivity contribution >= 4 is 51.7 Å². The number of anilines is 3. The summed E-state index contributed by atoms with van der Waals surface area (Å²) in [7, 11) is 0. The molecule has 0 radical (unpaired) electrons. The standard InChI is InChI=1S/C21H22N6O.C19H19N5.C18H19ClN4O/c28-13-14-8-21-22-11-19(27(21)12-17(14)15-9-23-24-10-15)18-6-3-7-20(26-18)25-16-4-1-2-5-16;1-20-15-10-11-19-21-12-17(24(19)13-15)16-8-5-9-18(23-16)22-14-6-3-2-4-7-14;19-14-10-23-16(9-20-18(23)8-12(14)11-24)15-6-3-7-17(22-15)21-13-4-1-2-5-13/h3,6-12,16,28H,1-2,4-5,13H2,(H,23,24)(H,25,26);5,8-14H,2-4,6-7H2,(H,22,23);3,6-10,13,24H,1-2,4-5,11H2,(H,21,22). The van der Waals surface area contributed by atoms with Gasteiger partial charge in [-0.25, -0.2) is 34.7 Å². The number of aliphatic hydroxyl groups is 2. The first-order chi connectivity index (χ1) is 37.4. The van der Waals surface area contributed by atoms with Crippen LogP contribution >= 0.6 is 11.6 Å². The highest BCUT2D eigenvalue weighted by atomic mass is 35.5. The molecule has 0 spiro atoms. The van der Waals surface area contributed by atoms with Gasteiger partial charge in [-0.3, -0.25) is 13.9 Å². The topological polar surface area (TPSA) is 200 Å². The maximum absolute atomic E-state index is 9.78. The second-order valence-electron chi connectivity index (χ2n) is 19.7. The van der Waals surface area contributed by atoms with Crippen molar-refractivity contribution in [1.29, 1.82) is 0 Å². The Labute approximate surface area is 445 Å². The third-order valence-corrected chi connectivity index (χ3v) is 14.9. The summed E-state index contributed by atoms with van der Waals surface area (Å²) in [5.74, 6) is 2.71. The van der Waals surface area contributed by atoms with Crippen LogP contribution in [0.1, 0.15) is 94.6 Å². The molecule has 0 aromatic carbocycles. The minimum Gasteiger partial charge on any atom is -0.392 e. The van der Waals surface area contributed by atoms with E-state index in [9.17, 15) is 10.2 Å². The van der Waals surface area contributed by atoms with Gasteiger partial charge in [0.05, 0.1) is 83.8 Å². The minimum atomic E-state index is -0.101. The Bertz CT molecular complexity index is 3620. The Balaban J connectivity index is 0.000000122. The van der Waals surface area contributed by atoms with Crippen LogP contribution in [-0.2, 0) is 13.2 Å². The number of imidazole rings is 3. The van der Waals surface area contributed by atoms with Crippen LogP contribution in [-0.4, -0.2) is 81.6 Å². The summed E-state index contributed by atoms with van der Waals surface area (Å²) in [6.45, 7) is 7.03. The molecule has 0 aliphatic heterocycles. The molecule has 0 unspecified atom stereocenters. The zero-order chi connectivity index (χ0) is 51.8. The Morgan fingerprint density at radius 3 is 1.49 bits per heavy atom. The molecule has 3 aliphatic carbocycles. The third kappa shape index (κ3) is 11.2. The molecule has 10 heterocycles. The summed E-state index contributed by atoms with van der Waals surface area (Å²) in [5, 5.41) is 37.1. The van der Waals surface area contributed by atoms with Gasteiger partial charge in [0.1, 0.15) is 34.4 Å². The maximum atomic E-state index is 9.78. The maximum Gasteiger partial charge on any atom is 0.203 e. The van der Waals surface area contributed by atoms with Crippen molar-refractivity contribution in [2.24, 2.45) is 0 Å². The van der Waals surface area contributed by atoms with Crippen molar-refractivity contribution in [3.63, 3.8) is 0 Å². The number of H-pyrrole nitrogens is 1. The number of aromatic amines is 1. The van der Waals surface area contributed by atoms with E-state index in [0.29, 0.717) is 34.4 Å². The highest BCUT2D eigenvalue weighted by molar-refractivity contribution is 6.31. The number of hydrogen-bond acceptors (Lipinski definition) is 12.